The van der Waals surface area contributed by atoms with Gasteiger partial charge in [0, 0.05) is 6.54 Å². The van der Waals surface area contributed by atoms with Crippen molar-refractivity contribution in [2.75, 3.05) is 6.61 Å². The molecular weight excluding hydrogens is 315 g/mol. The number of nitrogens with one attached hydrogen (secondary N) is 1. The summed E-state index contributed by atoms with van der Waals surface area (Å²) in [6.45, 7) is 0.842. The minimum absolute atomic E-state index is 0.140. The molecule has 0 aliphatic heterocycles. The summed E-state index contributed by atoms with van der Waals surface area (Å²) in [5.74, 6) is -0.0219. The van der Waals surface area contributed by atoms with Gasteiger partial charge in [-0.2, -0.15) is 13.2 Å². The van der Waals surface area contributed by atoms with Crippen LogP contribution in [0.3, 0.4) is 0 Å². The van der Waals surface area contributed by atoms with Gasteiger partial charge in [0.2, 0.25) is 0 Å². The summed E-state index contributed by atoms with van der Waals surface area (Å²) in [5.41, 5.74) is 1.69. The van der Waals surface area contributed by atoms with Crippen LogP contribution in [-0.2, 0) is 6.54 Å². The first kappa shape index (κ1) is 16.4. The number of carbonyl (C=O) groups excluding carboxylic acids is 1. The maximum atomic E-state index is 12.0. The summed E-state index contributed by atoms with van der Waals surface area (Å²) in [4.78, 5) is 12.6. The van der Waals surface area contributed by atoms with Crippen molar-refractivity contribution in [2.45, 2.75) is 19.6 Å². The third kappa shape index (κ3) is 4.77. The number of aryl methyl sites for hydroxylation is 1. The molecule has 0 aliphatic carbocycles. The van der Waals surface area contributed by atoms with Crippen LogP contribution in [0.2, 0.25) is 0 Å². The first-order valence-corrected chi connectivity index (χ1v) is 7.34. The molecule has 2 rings (SSSR count). The Balaban J connectivity index is 1.86. The average molecular weight is 329 g/mol. The number of carbonyl (C=O) groups is 1. The van der Waals surface area contributed by atoms with Crippen LogP contribution in [0.25, 0.3) is 0 Å². The zero-order valence-corrected chi connectivity index (χ0v) is 12.6. The Bertz CT molecular complexity index is 635. The van der Waals surface area contributed by atoms with E-state index >= 15 is 0 Å². The summed E-state index contributed by atoms with van der Waals surface area (Å²) in [7, 11) is 0. The number of hydrogen-bond acceptors (Lipinski definition) is 3. The summed E-state index contributed by atoms with van der Waals surface area (Å²) in [6.07, 6.45) is -4.36. The van der Waals surface area contributed by atoms with Crippen LogP contribution in [0, 0.1) is 6.92 Å². The highest BCUT2D eigenvalue weighted by molar-refractivity contribution is 7.12. The van der Waals surface area contributed by atoms with Crippen molar-refractivity contribution in [1.82, 2.24) is 5.32 Å². The van der Waals surface area contributed by atoms with Gasteiger partial charge >= 0.3 is 6.18 Å². The molecule has 22 heavy (non-hydrogen) atoms. The van der Waals surface area contributed by atoms with Crippen molar-refractivity contribution < 1.29 is 22.7 Å². The Morgan fingerprint density at radius 2 is 1.91 bits per heavy atom. The molecule has 1 N–H and O–H groups in total. The van der Waals surface area contributed by atoms with Gasteiger partial charge in [0.15, 0.2) is 6.61 Å². The molecule has 1 aromatic carbocycles. The number of amides is 1. The molecule has 1 heterocycles. The molecule has 1 amide bonds. The van der Waals surface area contributed by atoms with Crippen LogP contribution < -0.4 is 10.1 Å². The Morgan fingerprint density at radius 1 is 1.23 bits per heavy atom. The Kier molecular flexibility index (Phi) is 5.07. The van der Waals surface area contributed by atoms with E-state index in [1.807, 2.05) is 18.4 Å². The highest BCUT2D eigenvalue weighted by atomic mass is 32.1. The van der Waals surface area contributed by atoms with E-state index in [0.717, 1.165) is 11.1 Å². The molecule has 0 spiro atoms. The first-order valence-electron chi connectivity index (χ1n) is 6.46. The average Bonchev–Trinajstić information content (AvgIpc) is 2.89. The Morgan fingerprint density at radius 3 is 2.45 bits per heavy atom. The lowest BCUT2D eigenvalue weighted by atomic mass is 10.2. The molecule has 1 aromatic heterocycles. The van der Waals surface area contributed by atoms with Crippen LogP contribution in [0.5, 0.6) is 5.75 Å². The summed E-state index contributed by atoms with van der Waals surface area (Å²) in [6, 6.07) is 8.00. The second-order valence-electron chi connectivity index (χ2n) is 4.66. The normalized spacial score (nSPS) is 11.3. The van der Waals surface area contributed by atoms with E-state index in [9.17, 15) is 18.0 Å². The summed E-state index contributed by atoms with van der Waals surface area (Å²) in [5, 5.41) is 4.61. The lowest BCUT2D eigenvalue weighted by molar-refractivity contribution is -0.153. The van der Waals surface area contributed by atoms with Gasteiger partial charge in [-0.15, -0.1) is 11.3 Å². The van der Waals surface area contributed by atoms with Gasteiger partial charge in [-0.05, 0) is 41.6 Å². The number of thiophene rings is 1. The largest absolute Gasteiger partial charge is 0.484 e. The third-order valence-corrected chi connectivity index (χ3v) is 3.86. The van der Waals surface area contributed by atoms with E-state index in [0.29, 0.717) is 11.4 Å². The van der Waals surface area contributed by atoms with Gasteiger partial charge in [0.05, 0.1) is 4.88 Å². The maximum absolute atomic E-state index is 12.0. The van der Waals surface area contributed by atoms with E-state index in [1.165, 1.54) is 23.5 Å². The molecule has 0 saturated heterocycles. The van der Waals surface area contributed by atoms with Gasteiger partial charge in [0.1, 0.15) is 5.75 Å². The smallest absolute Gasteiger partial charge is 0.422 e. The second-order valence-corrected chi connectivity index (χ2v) is 5.58. The SMILES string of the molecule is Cc1ccsc1C(=O)NCc1ccc(OCC(F)(F)F)cc1. The lowest BCUT2D eigenvalue weighted by Crippen LogP contribution is -2.22. The van der Waals surface area contributed by atoms with Crippen LogP contribution in [0.1, 0.15) is 20.8 Å². The number of alkyl halides is 3. The molecule has 0 bridgehead atoms. The monoisotopic (exact) mass is 329 g/mol. The highest BCUT2D eigenvalue weighted by Gasteiger charge is 2.28. The maximum Gasteiger partial charge on any atom is 0.422 e. The summed E-state index contributed by atoms with van der Waals surface area (Å²) >= 11 is 1.37. The fourth-order valence-electron chi connectivity index (χ4n) is 1.74. The van der Waals surface area contributed by atoms with E-state index < -0.39 is 12.8 Å². The zero-order valence-electron chi connectivity index (χ0n) is 11.7. The van der Waals surface area contributed by atoms with Crippen LogP contribution in [0.4, 0.5) is 13.2 Å². The van der Waals surface area contributed by atoms with Crippen LogP contribution in [-0.4, -0.2) is 18.7 Å². The minimum atomic E-state index is -4.36. The number of hydrogen-bond donors (Lipinski definition) is 1. The third-order valence-electron chi connectivity index (χ3n) is 2.85. The summed E-state index contributed by atoms with van der Waals surface area (Å²) < 4.78 is 40.7. The fraction of sp³-hybridized carbons (Fsp3) is 0.267. The molecule has 0 radical (unpaired) electrons. The fourth-order valence-corrected chi connectivity index (χ4v) is 2.58. The molecule has 0 atom stereocenters. The quantitative estimate of drug-likeness (QED) is 0.903. The van der Waals surface area contributed by atoms with E-state index in [2.05, 4.69) is 10.1 Å². The van der Waals surface area contributed by atoms with Gasteiger partial charge in [-0.1, -0.05) is 12.1 Å². The number of rotatable bonds is 5. The van der Waals surface area contributed by atoms with E-state index in [4.69, 9.17) is 0 Å². The van der Waals surface area contributed by atoms with Gasteiger partial charge in [0.25, 0.3) is 5.91 Å². The van der Waals surface area contributed by atoms with E-state index in [-0.39, 0.29) is 11.7 Å². The molecule has 0 saturated carbocycles. The van der Waals surface area contributed by atoms with Crippen molar-refractivity contribution in [2.24, 2.45) is 0 Å². The Labute approximate surface area is 129 Å². The van der Waals surface area contributed by atoms with Crippen LogP contribution in [0.15, 0.2) is 35.7 Å². The molecule has 0 fully saturated rings. The number of halogens is 3. The standard InChI is InChI=1S/C15H14F3NO2S/c1-10-6-7-22-13(10)14(20)19-8-11-2-4-12(5-3-11)21-9-15(16,17)18/h2-7H,8-9H2,1H3,(H,19,20). The van der Waals surface area contributed by atoms with Gasteiger partial charge in [-0.25, -0.2) is 0 Å². The molecule has 0 aliphatic rings. The van der Waals surface area contributed by atoms with E-state index in [1.54, 1.807) is 12.1 Å². The van der Waals surface area contributed by atoms with Crippen molar-refractivity contribution in [1.29, 1.82) is 0 Å². The topological polar surface area (TPSA) is 38.3 Å². The van der Waals surface area contributed by atoms with Crippen molar-refractivity contribution in [3.63, 3.8) is 0 Å². The molecule has 2 aromatic rings. The molecule has 0 unspecified atom stereocenters. The lowest BCUT2D eigenvalue weighted by Gasteiger charge is -2.10. The molecule has 3 nitrogen and oxygen atoms in total. The van der Waals surface area contributed by atoms with Gasteiger partial charge in [-0.3, -0.25) is 4.79 Å². The van der Waals surface area contributed by atoms with Crippen LogP contribution >= 0.6 is 11.3 Å². The zero-order chi connectivity index (χ0) is 16.2. The van der Waals surface area contributed by atoms with Crippen molar-refractivity contribution in [3.05, 3.63) is 51.7 Å². The molecular formula is C15H14F3NO2S. The van der Waals surface area contributed by atoms with Crippen molar-refractivity contribution >= 4 is 17.2 Å². The van der Waals surface area contributed by atoms with Crippen molar-refractivity contribution in [3.8, 4) is 5.75 Å². The molecule has 7 heteroatoms. The van der Waals surface area contributed by atoms with Gasteiger partial charge < -0.3 is 10.1 Å². The number of benzene rings is 1. The predicted octanol–water partition coefficient (Wildman–Crippen LogP) is 3.93. The molecule has 118 valence electrons. The Hall–Kier alpha value is -2.02. The minimum Gasteiger partial charge on any atom is -0.484 e. The second kappa shape index (κ2) is 6.83. The number of ether oxygens (including phenoxy) is 1. The first-order chi connectivity index (χ1) is 10.3. The highest BCUT2D eigenvalue weighted by Crippen LogP contribution is 2.19. The predicted molar refractivity (Wildman–Crippen MR) is 78.2 cm³/mol.